The predicted octanol–water partition coefficient (Wildman–Crippen LogP) is 2.07. The standard InChI is InChI=1S/C24H30N2O7S/c1-17-6-9-19(10-7-17)34(29,30)26-14-4-5-20(26)24(28)33-16-23(27)25-13-12-18-8-11-21(31-2)22(15-18)32-3/h6-11,15,20H,4-5,12-14,16H2,1-3H3,(H,25,27)/t20-/m0/s1. The summed E-state index contributed by atoms with van der Waals surface area (Å²) < 4.78 is 42.7. The lowest BCUT2D eigenvalue weighted by atomic mass is 10.1. The molecule has 0 bridgehead atoms. The summed E-state index contributed by atoms with van der Waals surface area (Å²) in [5.74, 6) is 0.0394. The highest BCUT2D eigenvalue weighted by Gasteiger charge is 2.40. The van der Waals surface area contributed by atoms with Crippen molar-refractivity contribution in [3.63, 3.8) is 0 Å². The van der Waals surface area contributed by atoms with Gasteiger partial charge in [0.15, 0.2) is 18.1 Å². The minimum atomic E-state index is -3.83. The molecule has 0 spiro atoms. The van der Waals surface area contributed by atoms with Gasteiger partial charge in [-0.2, -0.15) is 4.31 Å². The van der Waals surface area contributed by atoms with E-state index in [0.29, 0.717) is 37.3 Å². The van der Waals surface area contributed by atoms with E-state index in [4.69, 9.17) is 14.2 Å². The van der Waals surface area contributed by atoms with Gasteiger partial charge in [-0.15, -0.1) is 0 Å². The first-order chi connectivity index (χ1) is 16.3. The van der Waals surface area contributed by atoms with Crippen molar-refractivity contribution >= 4 is 21.9 Å². The largest absolute Gasteiger partial charge is 0.493 e. The van der Waals surface area contributed by atoms with Gasteiger partial charge in [0.2, 0.25) is 10.0 Å². The molecule has 1 aliphatic heterocycles. The maximum absolute atomic E-state index is 13.0. The van der Waals surface area contributed by atoms with Gasteiger partial charge in [0.25, 0.3) is 5.91 Å². The second-order valence-corrected chi connectivity index (χ2v) is 9.87. The summed E-state index contributed by atoms with van der Waals surface area (Å²) in [5.41, 5.74) is 1.88. The number of benzene rings is 2. The van der Waals surface area contributed by atoms with E-state index in [9.17, 15) is 18.0 Å². The Morgan fingerprint density at radius 1 is 1.06 bits per heavy atom. The zero-order valence-electron chi connectivity index (χ0n) is 19.6. The fourth-order valence-electron chi connectivity index (χ4n) is 3.78. The number of aryl methyl sites for hydroxylation is 1. The summed E-state index contributed by atoms with van der Waals surface area (Å²) in [6.45, 7) is 1.96. The van der Waals surface area contributed by atoms with Crippen LogP contribution in [0.1, 0.15) is 24.0 Å². The van der Waals surface area contributed by atoms with Gasteiger partial charge in [0, 0.05) is 13.1 Å². The van der Waals surface area contributed by atoms with Crippen molar-refractivity contribution in [1.29, 1.82) is 0 Å². The molecule has 1 fully saturated rings. The summed E-state index contributed by atoms with van der Waals surface area (Å²) in [4.78, 5) is 24.9. The first kappa shape index (κ1) is 25.5. The first-order valence-corrected chi connectivity index (χ1v) is 12.4. The smallest absolute Gasteiger partial charge is 0.324 e. The van der Waals surface area contributed by atoms with Gasteiger partial charge in [0.05, 0.1) is 19.1 Å². The summed E-state index contributed by atoms with van der Waals surface area (Å²) in [6, 6.07) is 11.0. The Bertz CT molecular complexity index is 1120. The van der Waals surface area contributed by atoms with Gasteiger partial charge in [-0.1, -0.05) is 23.8 Å². The zero-order chi connectivity index (χ0) is 24.7. The van der Waals surface area contributed by atoms with E-state index in [-0.39, 0.29) is 11.4 Å². The van der Waals surface area contributed by atoms with Gasteiger partial charge in [-0.3, -0.25) is 9.59 Å². The van der Waals surface area contributed by atoms with Crippen LogP contribution in [0.3, 0.4) is 0 Å². The van der Waals surface area contributed by atoms with Crippen LogP contribution in [0.4, 0.5) is 0 Å². The average molecular weight is 491 g/mol. The number of nitrogens with zero attached hydrogens (tertiary/aromatic N) is 1. The third-order valence-electron chi connectivity index (χ3n) is 5.63. The fourth-order valence-corrected chi connectivity index (χ4v) is 5.42. The number of esters is 1. The molecular formula is C24H30N2O7S. The zero-order valence-corrected chi connectivity index (χ0v) is 20.4. The molecule has 1 amide bonds. The third kappa shape index (κ3) is 6.06. The molecule has 2 aromatic rings. The summed E-state index contributed by atoms with van der Waals surface area (Å²) >= 11 is 0. The predicted molar refractivity (Wildman–Crippen MR) is 125 cm³/mol. The van der Waals surface area contributed by atoms with Crippen molar-refractivity contribution in [2.24, 2.45) is 0 Å². The van der Waals surface area contributed by atoms with E-state index in [0.717, 1.165) is 15.4 Å². The maximum atomic E-state index is 13.0. The van der Waals surface area contributed by atoms with Crippen LogP contribution in [0.5, 0.6) is 11.5 Å². The minimum absolute atomic E-state index is 0.130. The Morgan fingerprint density at radius 2 is 1.76 bits per heavy atom. The number of ether oxygens (including phenoxy) is 3. The molecule has 1 aliphatic rings. The molecule has 0 aromatic heterocycles. The van der Waals surface area contributed by atoms with Crippen molar-refractivity contribution in [2.75, 3.05) is 33.9 Å². The summed E-state index contributed by atoms with van der Waals surface area (Å²) in [6.07, 6.45) is 1.44. The Morgan fingerprint density at radius 3 is 2.44 bits per heavy atom. The number of methoxy groups -OCH3 is 2. The highest BCUT2D eigenvalue weighted by atomic mass is 32.2. The number of sulfonamides is 1. The van der Waals surface area contributed by atoms with Crippen LogP contribution in [-0.4, -0.2) is 64.6 Å². The quantitative estimate of drug-likeness (QED) is 0.508. The Labute approximate surface area is 200 Å². The van der Waals surface area contributed by atoms with Crippen molar-refractivity contribution in [3.8, 4) is 11.5 Å². The van der Waals surface area contributed by atoms with E-state index >= 15 is 0 Å². The van der Waals surface area contributed by atoms with E-state index in [1.807, 2.05) is 19.1 Å². The lowest BCUT2D eigenvalue weighted by molar-refractivity contribution is -0.151. The molecule has 0 radical (unpaired) electrons. The molecule has 1 heterocycles. The van der Waals surface area contributed by atoms with Crippen molar-refractivity contribution in [1.82, 2.24) is 9.62 Å². The minimum Gasteiger partial charge on any atom is -0.493 e. The van der Waals surface area contributed by atoms with Crippen molar-refractivity contribution < 1.29 is 32.2 Å². The molecule has 1 saturated heterocycles. The Kier molecular flexibility index (Phi) is 8.51. The van der Waals surface area contributed by atoms with Gasteiger partial charge < -0.3 is 19.5 Å². The summed E-state index contributed by atoms with van der Waals surface area (Å²) in [7, 11) is -0.723. The van der Waals surface area contributed by atoms with Gasteiger partial charge in [-0.25, -0.2) is 8.42 Å². The average Bonchev–Trinajstić information content (AvgIpc) is 3.34. The normalized spacial score (nSPS) is 16.1. The fraction of sp³-hybridized carbons (Fsp3) is 0.417. The number of carbonyl (C=O) groups excluding carboxylic acids is 2. The van der Waals surface area contributed by atoms with Crippen LogP contribution < -0.4 is 14.8 Å². The highest BCUT2D eigenvalue weighted by Crippen LogP contribution is 2.28. The van der Waals surface area contributed by atoms with Crippen LogP contribution in [0.2, 0.25) is 0 Å². The number of nitrogens with one attached hydrogen (secondary N) is 1. The van der Waals surface area contributed by atoms with E-state index in [1.165, 1.54) is 12.1 Å². The van der Waals surface area contributed by atoms with Gasteiger partial charge >= 0.3 is 5.97 Å². The van der Waals surface area contributed by atoms with E-state index < -0.39 is 34.5 Å². The molecule has 184 valence electrons. The lowest BCUT2D eigenvalue weighted by Gasteiger charge is -2.22. The highest BCUT2D eigenvalue weighted by molar-refractivity contribution is 7.89. The number of carbonyl (C=O) groups is 2. The molecule has 10 heteroatoms. The topological polar surface area (TPSA) is 111 Å². The number of rotatable bonds is 10. The van der Waals surface area contributed by atoms with Crippen molar-refractivity contribution in [2.45, 2.75) is 37.1 Å². The summed E-state index contributed by atoms with van der Waals surface area (Å²) in [5, 5.41) is 2.70. The van der Waals surface area contributed by atoms with Crippen LogP contribution in [0, 0.1) is 6.92 Å². The molecule has 9 nitrogen and oxygen atoms in total. The molecule has 0 saturated carbocycles. The Balaban J connectivity index is 1.49. The second kappa shape index (κ2) is 11.3. The van der Waals surface area contributed by atoms with Gasteiger partial charge in [0.1, 0.15) is 6.04 Å². The first-order valence-electron chi connectivity index (χ1n) is 11.0. The molecule has 1 N–H and O–H groups in total. The molecule has 1 atom stereocenters. The number of hydrogen-bond acceptors (Lipinski definition) is 7. The van der Waals surface area contributed by atoms with Gasteiger partial charge in [-0.05, 0) is 56.0 Å². The van der Waals surface area contributed by atoms with E-state index in [1.54, 1.807) is 32.4 Å². The lowest BCUT2D eigenvalue weighted by Crippen LogP contribution is -2.42. The molecular weight excluding hydrogens is 460 g/mol. The third-order valence-corrected chi connectivity index (χ3v) is 7.56. The Hall–Kier alpha value is -3.11. The molecule has 34 heavy (non-hydrogen) atoms. The monoisotopic (exact) mass is 490 g/mol. The molecule has 3 rings (SSSR count). The maximum Gasteiger partial charge on any atom is 0.324 e. The molecule has 2 aromatic carbocycles. The molecule has 0 aliphatic carbocycles. The van der Waals surface area contributed by atoms with Crippen LogP contribution in [0.25, 0.3) is 0 Å². The number of hydrogen-bond donors (Lipinski definition) is 1. The van der Waals surface area contributed by atoms with E-state index in [2.05, 4.69) is 5.32 Å². The van der Waals surface area contributed by atoms with Crippen LogP contribution in [0.15, 0.2) is 47.4 Å². The number of amides is 1. The van der Waals surface area contributed by atoms with Crippen molar-refractivity contribution in [3.05, 3.63) is 53.6 Å². The second-order valence-electron chi connectivity index (χ2n) is 7.98. The van der Waals surface area contributed by atoms with Crippen LogP contribution >= 0.6 is 0 Å². The SMILES string of the molecule is COc1ccc(CCNC(=O)COC(=O)[C@@H]2CCCN2S(=O)(=O)c2ccc(C)cc2)cc1OC. The van der Waals surface area contributed by atoms with Crippen LogP contribution in [-0.2, 0) is 30.8 Å². The molecule has 0 unspecified atom stereocenters.